The molecule has 2 rings (SSSR count). The van der Waals surface area contributed by atoms with Crippen molar-refractivity contribution in [3.05, 3.63) is 24.0 Å². The zero-order valence-corrected chi connectivity index (χ0v) is 12.6. The number of rotatable bonds is 4. The number of nitrogens with one attached hydrogen (secondary N) is 1. The molecule has 1 aliphatic heterocycles. The SMILES string of the molecule is CCC(C)Nc1ccc(C(=O)N2CCN(C)CC2)nc1. The highest BCUT2D eigenvalue weighted by atomic mass is 16.2. The number of nitrogens with zero attached hydrogens (tertiary/aromatic N) is 3. The van der Waals surface area contributed by atoms with Gasteiger partial charge in [-0.05, 0) is 32.5 Å². The number of carbonyl (C=O) groups excluding carboxylic acids is 1. The van der Waals surface area contributed by atoms with Crippen LogP contribution >= 0.6 is 0 Å². The van der Waals surface area contributed by atoms with Crippen molar-refractivity contribution in [1.82, 2.24) is 14.8 Å². The van der Waals surface area contributed by atoms with Crippen molar-refractivity contribution in [3.63, 3.8) is 0 Å². The van der Waals surface area contributed by atoms with Crippen LogP contribution in [0.3, 0.4) is 0 Å². The van der Waals surface area contributed by atoms with Gasteiger partial charge in [0, 0.05) is 32.2 Å². The molecule has 1 aromatic heterocycles. The van der Waals surface area contributed by atoms with E-state index in [1.807, 2.05) is 17.0 Å². The van der Waals surface area contributed by atoms with Gasteiger partial charge in [0.15, 0.2) is 0 Å². The van der Waals surface area contributed by atoms with Crippen LogP contribution < -0.4 is 5.32 Å². The van der Waals surface area contributed by atoms with Crippen LogP contribution in [0.15, 0.2) is 18.3 Å². The third-order valence-electron chi connectivity index (χ3n) is 3.80. The van der Waals surface area contributed by atoms with Crippen LogP contribution in [0.4, 0.5) is 5.69 Å². The lowest BCUT2D eigenvalue weighted by atomic mass is 10.2. The number of piperazine rings is 1. The minimum absolute atomic E-state index is 0.0354. The Morgan fingerprint density at radius 3 is 2.60 bits per heavy atom. The first kappa shape index (κ1) is 14.8. The summed E-state index contributed by atoms with van der Waals surface area (Å²) in [5.41, 5.74) is 1.50. The van der Waals surface area contributed by atoms with E-state index in [9.17, 15) is 4.79 Å². The lowest BCUT2D eigenvalue weighted by Gasteiger charge is -2.32. The summed E-state index contributed by atoms with van der Waals surface area (Å²) >= 11 is 0. The molecule has 1 atom stereocenters. The van der Waals surface area contributed by atoms with Gasteiger partial charge in [0.1, 0.15) is 5.69 Å². The predicted octanol–water partition coefficient (Wildman–Crippen LogP) is 1.68. The summed E-state index contributed by atoms with van der Waals surface area (Å²) in [6.45, 7) is 7.69. The Morgan fingerprint density at radius 1 is 1.35 bits per heavy atom. The number of pyridine rings is 1. The van der Waals surface area contributed by atoms with Crippen LogP contribution in [-0.2, 0) is 0 Å². The monoisotopic (exact) mass is 276 g/mol. The second kappa shape index (κ2) is 6.70. The molecule has 1 aromatic rings. The molecule has 20 heavy (non-hydrogen) atoms. The van der Waals surface area contributed by atoms with Crippen LogP contribution in [0.5, 0.6) is 0 Å². The fraction of sp³-hybridized carbons (Fsp3) is 0.600. The molecule has 5 heteroatoms. The summed E-state index contributed by atoms with van der Waals surface area (Å²) in [6, 6.07) is 4.16. The summed E-state index contributed by atoms with van der Waals surface area (Å²) in [5, 5.41) is 3.35. The molecule has 0 saturated carbocycles. The smallest absolute Gasteiger partial charge is 0.272 e. The number of carbonyl (C=O) groups is 1. The maximum Gasteiger partial charge on any atom is 0.272 e. The van der Waals surface area contributed by atoms with Gasteiger partial charge in [-0.2, -0.15) is 0 Å². The minimum atomic E-state index is 0.0354. The van der Waals surface area contributed by atoms with E-state index in [1.54, 1.807) is 6.20 Å². The number of hydrogen-bond acceptors (Lipinski definition) is 4. The third-order valence-corrected chi connectivity index (χ3v) is 3.80. The van der Waals surface area contributed by atoms with Gasteiger partial charge in [0.05, 0.1) is 11.9 Å². The van der Waals surface area contributed by atoms with Crippen LogP contribution in [0, 0.1) is 0 Å². The largest absolute Gasteiger partial charge is 0.381 e. The molecule has 1 saturated heterocycles. The van der Waals surface area contributed by atoms with Crippen molar-refractivity contribution in [1.29, 1.82) is 0 Å². The first-order valence-corrected chi connectivity index (χ1v) is 7.30. The average Bonchev–Trinajstić information content (AvgIpc) is 2.48. The van der Waals surface area contributed by atoms with Crippen molar-refractivity contribution in [2.75, 3.05) is 38.5 Å². The standard InChI is InChI=1S/C15H24N4O/c1-4-12(2)17-13-5-6-14(16-11-13)15(20)19-9-7-18(3)8-10-19/h5-6,11-12,17H,4,7-10H2,1-3H3. The molecule has 0 aromatic carbocycles. The van der Waals surface area contributed by atoms with Crippen molar-refractivity contribution in [2.45, 2.75) is 26.3 Å². The van der Waals surface area contributed by atoms with Gasteiger partial charge in [0.2, 0.25) is 0 Å². The normalized spacial score (nSPS) is 17.9. The fourth-order valence-electron chi connectivity index (χ4n) is 2.16. The highest BCUT2D eigenvalue weighted by molar-refractivity contribution is 5.92. The Balaban J connectivity index is 1.97. The summed E-state index contributed by atoms with van der Waals surface area (Å²) in [7, 11) is 2.08. The van der Waals surface area contributed by atoms with Crippen molar-refractivity contribution in [3.8, 4) is 0 Å². The molecule has 1 N–H and O–H groups in total. The van der Waals surface area contributed by atoms with Gasteiger partial charge in [0.25, 0.3) is 5.91 Å². The van der Waals surface area contributed by atoms with Gasteiger partial charge in [-0.25, -0.2) is 4.98 Å². The molecule has 110 valence electrons. The van der Waals surface area contributed by atoms with Crippen LogP contribution in [0.25, 0.3) is 0 Å². The van der Waals surface area contributed by atoms with E-state index in [0.29, 0.717) is 11.7 Å². The van der Waals surface area contributed by atoms with Crippen molar-refractivity contribution >= 4 is 11.6 Å². The van der Waals surface area contributed by atoms with E-state index in [0.717, 1.165) is 38.3 Å². The first-order chi connectivity index (χ1) is 9.60. The quantitative estimate of drug-likeness (QED) is 0.909. The Kier molecular flexibility index (Phi) is 4.95. The maximum atomic E-state index is 12.3. The molecule has 2 heterocycles. The molecule has 0 bridgehead atoms. The molecule has 1 fully saturated rings. The van der Waals surface area contributed by atoms with Crippen LogP contribution in [-0.4, -0.2) is 60.0 Å². The second-order valence-corrected chi connectivity index (χ2v) is 5.48. The lowest BCUT2D eigenvalue weighted by molar-refractivity contribution is 0.0658. The summed E-state index contributed by atoms with van der Waals surface area (Å²) in [6.07, 6.45) is 2.80. The van der Waals surface area contributed by atoms with E-state index in [1.165, 1.54) is 0 Å². The summed E-state index contributed by atoms with van der Waals surface area (Å²) in [4.78, 5) is 20.7. The minimum Gasteiger partial charge on any atom is -0.381 e. The number of likely N-dealkylation sites (N-methyl/N-ethyl adjacent to an activating group) is 1. The van der Waals surface area contributed by atoms with E-state index in [-0.39, 0.29) is 5.91 Å². The third kappa shape index (κ3) is 3.70. The Labute approximate surface area is 121 Å². The topological polar surface area (TPSA) is 48.5 Å². The summed E-state index contributed by atoms with van der Waals surface area (Å²) in [5.74, 6) is 0.0354. The number of amides is 1. The molecule has 1 unspecified atom stereocenters. The van der Waals surface area contributed by atoms with Crippen LogP contribution in [0.2, 0.25) is 0 Å². The number of hydrogen-bond donors (Lipinski definition) is 1. The van der Waals surface area contributed by atoms with E-state index in [4.69, 9.17) is 0 Å². The molecule has 0 radical (unpaired) electrons. The molecule has 0 aliphatic carbocycles. The van der Waals surface area contributed by atoms with E-state index in [2.05, 4.69) is 36.1 Å². The molecular weight excluding hydrogens is 252 g/mol. The predicted molar refractivity (Wildman–Crippen MR) is 81.0 cm³/mol. The van der Waals surface area contributed by atoms with Gasteiger partial charge in [-0.3, -0.25) is 4.79 Å². The first-order valence-electron chi connectivity index (χ1n) is 7.30. The van der Waals surface area contributed by atoms with Gasteiger partial charge in [-0.15, -0.1) is 0 Å². The van der Waals surface area contributed by atoms with Crippen molar-refractivity contribution in [2.24, 2.45) is 0 Å². The Morgan fingerprint density at radius 2 is 2.05 bits per heavy atom. The van der Waals surface area contributed by atoms with Crippen LogP contribution in [0.1, 0.15) is 30.8 Å². The highest BCUT2D eigenvalue weighted by Crippen LogP contribution is 2.11. The molecule has 0 spiro atoms. The highest BCUT2D eigenvalue weighted by Gasteiger charge is 2.21. The van der Waals surface area contributed by atoms with E-state index < -0.39 is 0 Å². The average molecular weight is 276 g/mol. The lowest BCUT2D eigenvalue weighted by Crippen LogP contribution is -2.47. The second-order valence-electron chi connectivity index (χ2n) is 5.48. The Hall–Kier alpha value is -1.62. The van der Waals surface area contributed by atoms with Crippen molar-refractivity contribution < 1.29 is 4.79 Å². The van der Waals surface area contributed by atoms with Gasteiger partial charge < -0.3 is 15.1 Å². The van der Waals surface area contributed by atoms with E-state index >= 15 is 0 Å². The fourth-order valence-corrected chi connectivity index (χ4v) is 2.16. The number of aromatic nitrogens is 1. The zero-order chi connectivity index (χ0) is 14.5. The zero-order valence-electron chi connectivity index (χ0n) is 12.6. The summed E-state index contributed by atoms with van der Waals surface area (Å²) < 4.78 is 0. The molecule has 5 nitrogen and oxygen atoms in total. The molecule has 1 aliphatic rings. The van der Waals surface area contributed by atoms with Gasteiger partial charge >= 0.3 is 0 Å². The molecule has 1 amide bonds. The molecular formula is C15H24N4O. The van der Waals surface area contributed by atoms with Gasteiger partial charge in [-0.1, -0.05) is 6.92 Å². The maximum absolute atomic E-state index is 12.3. The number of anilines is 1. The Bertz CT molecular complexity index is 438.